The van der Waals surface area contributed by atoms with Crippen LogP contribution in [0.15, 0.2) is 34.7 Å². The molecule has 1 aliphatic rings. The highest BCUT2D eigenvalue weighted by molar-refractivity contribution is 5.78. The van der Waals surface area contributed by atoms with Crippen LogP contribution in [0.25, 0.3) is 11.3 Å². The van der Waals surface area contributed by atoms with E-state index in [4.69, 9.17) is 4.42 Å². The van der Waals surface area contributed by atoms with Crippen LogP contribution in [0, 0.1) is 5.82 Å². The summed E-state index contributed by atoms with van der Waals surface area (Å²) in [6.07, 6.45) is 0.651. The summed E-state index contributed by atoms with van der Waals surface area (Å²) in [6, 6.07) is 8.00. The fourth-order valence-electron chi connectivity index (χ4n) is 2.59. The molecule has 3 rings (SSSR count). The van der Waals surface area contributed by atoms with Gasteiger partial charge in [-0.15, -0.1) is 0 Å². The first kappa shape index (κ1) is 13.8. The van der Waals surface area contributed by atoms with E-state index >= 15 is 0 Å². The van der Waals surface area contributed by atoms with Crippen LogP contribution < -0.4 is 4.90 Å². The predicted molar refractivity (Wildman–Crippen MR) is 79.2 cm³/mol. The van der Waals surface area contributed by atoms with Crippen molar-refractivity contribution in [2.75, 3.05) is 38.1 Å². The Bertz CT molecular complexity index is 645. The molecule has 0 spiro atoms. The maximum atomic E-state index is 13.6. The number of anilines is 1. The van der Waals surface area contributed by atoms with Gasteiger partial charge in [-0.2, -0.15) is 0 Å². The van der Waals surface area contributed by atoms with Gasteiger partial charge in [-0.1, -0.05) is 0 Å². The summed E-state index contributed by atoms with van der Waals surface area (Å²) in [5, 5.41) is 0. The van der Waals surface area contributed by atoms with E-state index in [0.29, 0.717) is 17.6 Å². The highest BCUT2D eigenvalue weighted by Crippen LogP contribution is 2.33. The third-order valence-electron chi connectivity index (χ3n) is 3.81. The SMILES string of the molecule is CN1CCN(c2ccc(F)cc2-c2ccc(C=O)o2)CC1. The molecular formula is C16H17FN2O2. The van der Waals surface area contributed by atoms with E-state index in [0.717, 1.165) is 31.9 Å². The van der Waals surface area contributed by atoms with Crippen molar-refractivity contribution in [3.63, 3.8) is 0 Å². The van der Waals surface area contributed by atoms with E-state index in [-0.39, 0.29) is 11.6 Å². The molecule has 110 valence electrons. The standard InChI is InChI=1S/C16H17FN2O2/c1-18-6-8-19(9-7-18)15-4-2-12(17)10-14(15)16-5-3-13(11-20)21-16/h2-5,10-11H,6-9H2,1H3. The van der Waals surface area contributed by atoms with Crippen LogP contribution in [-0.2, 0) is 0 Å². The lowest BCUT2D eigenvalue weighted by molar-refractivity contribution is 0.110. The Morgan fingerprint density at radius 2 is 1.90 bits per heavy atom. The van der Waals surface area contributed by atoms with Crippen LogP contribution in [0.1, 0.15) is 10.6 Å². The molecule has 0 aliphatic carbocycles. The molecule has 1 aromatic carbocycles. The Labute approximate surface area is 122 Å². The summed E-state index contributed by atoms with van der Waals surface area (Å²) in [4.78, 5) is 15.2. The van der Waals surface area contributed by atoms with E-state index < -0.39 is 0 Å². The highest BCUT2D eigenvalue weighted by Gasteiger charge is 2.19. The van der Waals surface area contributed by atoms with Gasteiger partial charge < -0.3 is 14.2 Å². The van der Waals surface area contributed by atoms with E-state index in [1.54, 1.807) is 18.2 Å². The molecule has 2 aromatic rings. The Balaban J connectivity index is 1.98. The van der Waals surface area contributed by atoms with Crippen molar-refractivity contribution < 1.29 is 13.6 Å². The molecule has 2 heterocycles. The van der Waals surface area contributed by atoms with E-state index in [1.807, 2.05) is 0 Å². The van der Waals surface area contributed by atoms with Crippen molar-refractivity contribution in [2.24, 2.45) is 0 Å². The van der Waals surface area contributed by atoms with Gasteiger partial charge in [0.25, 0.3) is 0 Å². The van der Waals surface area contributed by atoms with Gasteiger partial charge in [0.2, 0.25) is 0 Å². The van der Waals surface area contributed by atoms with E-state index in [1.165, 1.54) is 12.1 Å². The second kappa shape index (κ2) is 5.69. The molecule has 1 fully saturated rings. The number of carbonyl (C=O) groups is 1. The van der Waals surface area contributed by atoms with Crippen LogP contribution in [0.3, 0.4) is 0 Å². The predicted octanol–water partition coefficient (Wildman–Crippen LogP) is 2.65. The van der Waals surface area contributed by atoms with Crippen LogP contribution in [-0.4, -0.2) is 44.4 Å². The number of furan rings is 1. The molecule has 5 heteroatoms. The molecule has 1 aliphatic heterocycles. The fourth-order valence-corrected chi connectivity index (χ4v) is 2.59. The number of nitrogens with zero attached hydrogens (tertiary/aromatic N) is 2. The number of benzene rings is 1. The molecule has 21 heavy (non-hydrogen) atoms. The molecule has 0 saturated carbocycles. The lowest BCUT2D eigenvalue weighted by Gasteiger charge is -2.35. The second-order valence-corrected chi connectivity index (χ2v) is 5.27. The van der Waals surface area contributed by atoms with E-state index in [2.05, 4.69) is 16.8 Å². The van der Waals surface area contributed by atoms with Crippen LogP contribution in [0.5, 0.6) is 0 Å². The van der Waals surface area contributed by atoms with Gasteiger partial charge in [0, 0.05) is 37.4 Å². The average molecular weight is 288 g/mol. The quantitative estimate of drug-likeness (QED) is 0.814. The number of rotatable bonds is 3. The molecule has 0 atom stereocenters. The lowest BCUT2D eigenvalue weighted by Crippen LogP contribution is -2.44. The first-order valence-corrected chi connectivity index (χ1v) is 6.96. The molecule has 0 unspecified atom stereocenters. The smallest absolute Gasteiger partial charge is 0.185 e. The fraction of sp³-hybridized carbons (Fsp3) is 0.312. The number of hydrogen-bond donors (Lipinski definition) is 0. The normalized spacial score (nSPS) is 16.2. The lowest BCUT2D eigenvalue weighted by atomic mass is 10.1. The summed E-state index contributed by atoms with van der Waals surface area (Å²) in [6.45, 7) is 3.70. The Morgan fingerprint density at radius 1 is 1.14 bits per heavy atom. The Kier molecular flexibility index (Phi) is 3.75. The van der Waals surface area contributed by atoms with Gasteiger partial charge >= 0.3 is 0 Å². The van der Waals surface area contributed by atoms with Crippen LogP contribution in [0.2, 0.25) is 0 Å². The number of likely N-dealkylation sites (N-methyl/N-ethyl adjacent to an activating group) is 1. The second-order valence-electron chi connectivity index (χ2n) is 5.27. The minimum Gasteiger partial charge on any atom is -0.453 e. The zero-order valence-corrected chi connectivity index (χ0v) is 11.9. The van der Waals surface area contributed by atoms with E-state index in [9.17, 15) is 9.18 Å². The zero-order chi connectivity index (χ0) is 14.8. The largest absolute Gasteiger partial charge is 0.453 e. The summed E-state index contributed by atoms with van der Waals surface area (Å²) >= 11 is 0. The van der Waals surface area contributed by atoms with Gasteiger partial charge in [0.05, 0.1) is 0 Å². The summed E-state index contributed by atoms with van der Waals surface area (Å²) < 4.78 is 19.1. The third kappa shape index (κ3) is 2.83. The first-order chi connectivity index (χ1) is 10.2. The molecule has 1 saturated heterocycles. The number of piperazine rings is 1. The van der Waals surface area contributed by atoms with Crippen molar-refractivity contribution in [1.29, 1.82) is 0 Å². The Hall–Kier alpha value is -2.14. The molecule has 0 radical (unpaired) electrons. The summed E-state index contributed by atoms with van der Waals surface area (Å²) in [7, 11) is 2.09. The molecule has 0 amide bonds. The van der Waals surface area contributed by atoms with Crippen LogP contribution >= 0.6 is 0 Å². The van der Waals surface area contributed by atoms with Crippen molar-refractivity contribution >= 4 is 12.0 Å². The molecule has 0 N–H and O–H groups in total. The number of halogens is 1. The average Bonchev–Trinajstić information content (AvgIpc) is 2.97. The highest BCUT2D eigenvalue weighted by atomic mass is 19.1. The topological polar surface area (TPSA) is 36.7 Å². The minimum atomic E-state index is -0.313. The Morgan fingerprint density at radius 3 is 2.57 bits per heavy atom. The first-order valence-electron chi connectivity index (χ1n) is 6.96. The third-order valence-corrected chi connectivity index (χ3v) is 3.81. The van der Waals surface area contributed by atoms with Gasteiger partial charge in [-0.05, 0) is 37.4 Å². The number of hydrogen-bond acceptors (Lipinski definition) is 4. The monoisotopic (exact) mass is 288 g/mol. The number of carbonyl (C=O) groups excluding carboxylic acids is 1. The number of aldehydes is 1. The van der Waals surface area contributed by atoms with Crippen molar-refractivity contribution in [1.82, 2.24) is 4.90 Å². The molecule has 1 aromatic heterocycles. The summed E-state index contributed by atoms with van der Waals surface area (Å²) in [5.74, 6) is 0.455. The zero-order valence-electron chi connectivity index (χ0n) is 11.9. The van der Waals surface area contributed by atoms with Gasteiger partial charge in [0.15, 0.2) is 12.0 Å². The van der Waals surface area contributed by atoms with Gasteiger partial charge in [-0.3, -0.25) is 4.79 Å². The maximum Gasteiger partial charge on any atom is 0.185 e. The van der Waals surface area contributed by atoms with Crippen molar-refractivity contribution in [2.45, 2.75) is 0 Å². The molecular weight excluding hydrogens is 271 g/mol. The van der Waals surface area contributed by atoms with Crippen molar-refractivity contribution in [3.05, 3.63) is 41.9 Å². The maximum absolute atomic E-state index is 13.6. The molecule has 0 bridgehead atoms. The van der Waals surface area contributed by atoms with Crippen molar-refractivity contribution in [3.8, 4) is 11.3 Å². The minimum absolute atomic E-state index is 0.249. The van der Waals surface area contributed by atoms with Gasteiger partial charge in [0.1, 0.15) is 11.6 Å². The summed E-state index contributed by atoms with van der Waals surface area (Å²) in [5.41, 5.74) is 1.63. The van der Waals surface area contributed by atoms with Crippen LogP contribution in [0.4, 0.5) is 10.1 Å². The van der Waals surface area contributed by atoms with Gasteiger partial charge in [-0.25, -0.2) is 4.39 Å². The molecule has 4 nitrogen and oxygen atoms in total.